The molecule has 0 radical (unpaired) electrons. The fourth-order valence-corrected chi connectivity index (χ4v) is 3.22. The second-order valence-electron chi connectivity index (χ2n) is 2.56. The summed E-state index contributed by atoms with van der Waals surface area (Å²) in [6.45, 7) is 0. The van der Waals surface area contributed by atoms with Gasteiger partial charge in [-0.2, -0.15) is 5.26 Å². The first-order valence-corrected chi connectivity index (χ1v) is 6.70. The maximum Gasteiger partial charge on any atom is 0.279 e. The van der Waals surface area contributed by atoms with Gasteiger partial charge < -0.3 is 0 Å². The molecule has 0 unspecified atom stereocenters. The smallest absolute Gasteiger partial charge is 0.241 e. The summed E-state index contributed by atoms with van der Waals surface area (Å²) in [5.41, 5.74) is -1.15. The van der Waals surface area contributed by atoms with Crippen LogP contribution in [-0.2, 0) is 9.05 Å². The van der Waals surface area contributed by atoms with E-state index in [1.54, 1.807) is 0 Å². The van der Waals surface area contributed by atoms with E-state index in [1.807, 2.05) is 0 Å². The number of rotatable bonds is 2. The SMILES string of the molecule is N#Cc1cnc(S(=O)(=O)Cl)c(Br)c1C(F)F. The number of pyridine rings is 1. The molecule has 16 heavy (non-hydrogen) atoms. The van der Waals surface area contributed by atoms with E-state index in [0.29, 0.717) is 0 Å². The van der Waals surface area contributed by atoms with Gasteiger partial charge in [-0.25, -0.2) is 22.2 Å². The van der Waals surface area contributed by atoms with Gasteiger partial charge >= 0.3 is 0 Å². The van der Waals surface area contributed by atoms with Gasteiger partial charge in [0.1, 0.15) is 6.07 Å². The van der Waals surface area contributed by atoms with Crippen LogP contribution in [0.4, 0.5) is 8.78 Å². The molecule has 0 amide bonds. The molecule has 9 heteroatoms. The molecule has 0 spiro atoms. The highest BCUT2D eigenvalue weighted by Gasteiger charge is 2.25. The van der Waals surface area contributed by atoms with Crippen LogP contribution in [0.1, 0.15) is 17.6 Å². The van der Waals surface area contributed by atoms with E-state index in [0.717, 1.165) is 6.20 Å². The number of nitrogens with zero attached hydrogens (tertiary/aromatic N) is 2. The van der Waals surface area contributed by atoms with Crippen molar-refractivity contribution in [3.8, 4) is 6.07 Å². The standard InChI is InChI=1S/C7H2BrClF2N2O2S/c8-5-4(6(10)11)3(1-12)2-13-7(5)16(9,14)15/h2,6H. The van der Waals surface area contributed by atoms with E-state index in [9.17, 15) is 17.2 Å². The van der Waals surface area contributed by atoms with Crippen LogP contribution >= 0.6 is 26.6 Å². The molecule has 86 valence electrons. The normalized spacial score (nSPS) is 11.5. The molecule has 0 saturated carbocycles. The topological polar surface area (TPSA) is 70.8 Å². The molecule has 1 aromatic heterocycles. The van der Waals surface area contributed by atoms with E-state index < -0.39 is 36.1 Å². The molecule has 0 aromatic carbocycles. The van der Waals surface area contributed by atoms with Crippen molar-refractivity contribution in [1.29, 1.82) is 5.26 Å². The molecule has 4 nitrogen and oxygen atoms in total. The summed E-state index contributed by atoms with van der Waals surface area (Å²) < 4.78 is 46.7. The molecule has 0 aliphatic carbocycles. The lowest BCUT2D eigenvalue weighted by molar-refractivity contribution is 0.149. The number of alkyl halides is 2. The highest BCUT2D eigenvalue weighted by atomic mass is 79.9. The number of nitriles is 1. The lowest BCUT2D eigenvalue weighted by Crippen LogP contribution is -2.03. The molecule has 0 aliphatic rings. The zero-order valence-electron chi connectivity index (χ0n) is 7.29. The summed E-state index contributed by atoms with van der Waals surface area (Å²) in [4.78, 5) is 3.34. The molecule has 1 heterocycles. The maximum atomic E-state index is 12.6. The van der Waals surface area contributed by atoms with E-state index in [4.69, 9.17) is 15.9 Å². The molecule has 0 atom stereocenters. The third-order valence-corrected chi connectivity index (χ3v) is 3.87. The van der Waals surface area contributed by atoms with E-state index in [1.165, 1.54) is 6.07 Å². The minimum absolute atomic E-state index is 0.411. The fraction of sp³-hybridized carbons (Fsp3) is 0.143. The van der Waals surface area contributed by atoms with Crippen molar-refractivity contribution in [2.24, 2.45) is 0 Å². The highest BCUT2D eigenvalue weighted by Crippen LogP contribution is 2.34. The van der Waals surface area contributed by atoms with E-state index >= 15 is 0 Å². The van der Waals surface area contributed by atoms with Gasteiger partial charge in [-0.15, -0.1) is 0 Å². The van der Waals surface area contributed by atoms with Crippen LogP contribution in [0.2, 0.25) is 0 Å². The van der Waals surface area contributed by atoms with Gasteiger partial charge in [0.15, 0.2) is 5.03 Å². The molecule has 0 N–H and O–H groups in total. The Bertz CT molecular complexity index is 570. The molecular formula is C7H2BrClF2N2O2S. The van der Waals surface area contributed by atoms with Gasteiger partial charge in [-0.1, -0.05) is 0 Å². The number of halogens is 4. The van der Waals surface area contributed by atoms with Gasteiger partial charge in [0.25, 0.3) is 15.5 Å². The van der Waals surface area contributed by atoms with Crippen LogP contribution in [-0.4, -0.2) is 13.4 Å². The summed E-state index contributed by atoms with van der Waals surface area (Å²) in [6, 6.07) is 1.49. The lowest BCUT2D eigenvalue weighted by Gasteiger charge is -2.07. The van der Waals surface area contributed by atoms with Crippen LogP contribution < -0.4 is 0 Å². The van der Waals surface area contributed by atoms with Crippen LogP contribution in [0.25, 0.3) is 0 Å². The monoisotopic (exact) mass is 330 g/mol. The minimum atomic E-state index is -4.24. The summed E-state index contributed by atoms with van der Waals surface area (Å²) in [6.07, 6.45) is -2.27. The third kappa shape index (κ3) is 2.48. The zero-order valence-corrected chi connectivity index (χ0v) is 10.4. The fourth-order valence-electron chi connectivity index (χ4n) is 0.955. The van der Waals surface area contributed by atoms with Crippen molar-refractivity contribution in [2.75, 3.05) is 0 Å². The Hall–Kier alpha value is -0.780. The molecule has 0 fully saturated rings. The van der Waals surface area contributed by atoms with Crippen LogP contribution in [0.3, 0.4) is 0 Å². The number of aromatic nitrogens is 1. The Morgan fingerprint density at radius 1 is 1.56 bits per heavy atom. The Balaban J connectivity index is 3.65. The first-order valence-electron chi connectivity index (χ1n) is 3.60. The summed E-state index contributed by atoms with van der Waals surface area (Å²) in [5.74, 6) is 0. The Kier molecular flexibility index (Phi) is 3.83. The summed E-state index contributed by atoms with van der Waals surface area (Å²) in [5, 5.41) is 7.83. The first-order chi connectivity index (χ1) is 7.29. The average Bonchev–Trinajstić information content (AvgIpc) is 2.14. The van der Waals surface area contributed by atoms with Gasteiger partial charge in [-0.3, -0.25) is 0 Å². The second-order valence-corrected chi connectivity index (χ2v) is 5.83. The molecule has 1 aromatic rings. The first kappa shape index (κ1) is 13.3. The van der Waals surface area contributed by atoms with Crippen molar-refractivity contribution in [1.82, 2.24) is 4.98 Å². The lowest BCUT2D eigenvalue weighted by atomic mass is 10.2. The van der Waals surface area contributed by atoms with Gasteiger partial charge in [0.2, 0.25) is 0 Å². The maximum absolute atomic E-state index is 12.6. The third-order valence-electron chi connectivity index (χ3n) is 1.59. The van der Waals surface area contributed by atoms with E-state index in [2.05, 4.69) is 20.9 Å². The summed E-state index contributed by atoms with van der Waals surface area (Å²) >= 11 is 2.65. The van der Waals surface area contributed by atoms with Crippen LogP contribution in [0.5, 0.6) is 0 Å². The van der Waals surface area contributed by atoms with Gasteiger partial charge in [0, 0.05) is 16.9 Å². The number of hydrogen-bond acceptors (Lipinski definition) is 4. The molecule has 0 bridgehead atoms. The van der Waals surface area contributed by atoms with Crippen molar-refractivity contribution in [3.05, 3.63) is 21.8 Å². The largest absolute Gasteiger partial charge is 0.279 e. The Morgan fingerprint density at radius 3 is 2.50 bits per heavy atom. The second kappa shape index (κ2) is 4.61. The van der Waals surface area contributed by atoms with Crippen molar-refractivity contribution in [2.45, 2.75) is 11.5 Å². The molecule has 0 aliphatic heterocycles. The molecular weight excluding hydrogens is 330 g/mol. The van der Waals surface area contributed by atoms with Crippen molar-refractivity contribution in [3.63, 3.8) is 0 Å². The van der Waals surface area contributed by atoms with Gasteiger partial charge in [-0.05, 0) is 15.9 Å². The quantitative estimate of drug-likeness (QED) is 0.781. The molecule has 0 saturated heterocycles. The predicted octanol–water partition coefficient (Wildman–Crippen LogP) is 2.58. The van der Waals surface area contributed by atoms with E-state index in [-0.39, 0.29) is 0 Å². The molecule has 1 rings (SSSR count). The highest BCUT2D eigenvalue weighted by molar-refractivity contribution is 9.10. The van der Waals surface area contributed by atoms with Gasteiger partial charge in [0.05, 0.1) is 15.6 Å². The number of hydrogen-bond donors (Lipinski definition) is 0. The zero-order chi connectivity index (χ0) is 12.5. The van der Waals surface area contributed by atoms with Crippen molar-refractivity contribution < 1.29 is 17.2 Å². The average molecular weight is 332 g/mol. The Morgan fingerprint density at radius 2 is 2.12 bits per heavy atom. The van der Waals surface area contributed by atoms with Crippen LogP contribution in [0.15, 0.2) is 15.7 Å². The summed E-state index contributed by atoms with van der Waals surface area (Å²) in [7, 11) is 0.745. The van der Waals surface area contributed by atoms with Crippen LogP contribution in [0, 0.1) is 11.3 Å². The van der Waals surface area contributed by atoms with Crippen molar-refractivity contribution >= 4 is 35.7 Å². The predicted molar refractivity (Wildman–Crippen MR) is 54.6 cm³/mol. The Labute approximate surface area is 102 Å². The minimum Gasteiger partial charge on any atom is -0.241 e.